The van der Waals surface area contributed by atoms with Gasteiger partial charge in [0.15, 0.2) is 0 Å². The molecule has 6 heteroatoms. The predicted molar refractivity (Wildman–Crippen MR) is 133 cm³/mol. The predicted octanol–water partition coefficient (Wildman–Crippen LogP) is 5.19. The Hall–Kier alpha value is -3.80. The van der Waals surface area contributed by atoms with Crippen molar-refractivity contribution in [2.45, 2.75) is 13.0 Å². The molecule has 0 saturated carbocycles. The minimum absolute atomic E-state index is 0.0101. The Kier molecular flexibility index (Phi) is 6.21. The van der Waals surface area contributed by atoms with Crippen molar-refractivity contribution in [2.24, 2.45) is 0 Å². The summed E-state index contributed by atoms with van der Waals surface area (Å²) in [4.78, 5) is 18.0. The third-order valence-electron chi connectivity index (χ3n) is 6.54. The van der Waals surface area contributed by atoms with E-state index in [4.69, 9.17) is 4.74 Å². The van der Waals surface area contributed by atoms with Gasteiger partial charge < -0.3 is 19.1 Å². The summed E-state index contributed by atoms with van der Waals surface area (Å²) >= 11 is 0. The number of halogens is 1. The first kappa shape index (κ1) is 22.0. The van der Waals surface area contributed by atoms with Crippen molar-refractivity contribution in [2.75, 3.05) is 38.2 Å². The van der Waals surface area contributed by atoms with E-state index >= 15 is 0 Å². The lowest BCUT2D eigenvalue weighted by atomic mass is 10.2. The van der Waals surface area contributed by atoms with Crippen LogP contribution in [0.2, 0.25) is 0 Å². The second-order valence-electron chi connectivity index (χ2n) is 8.60. The lowest BCUT2D eigenvalue weighted by Crippen LogP contribution is -2.36. The van der Waals surface area contributed by atoms with E-state index in [1.54, 1.807) is 19.2 Å². The van der Waals surface area contributed by atoms with Crippen LogP contribution < -0.4 is 9.64 Å². The van der Waals surface area contributed by atoms with Gasteiger partial charge in [0.1, 0.15) is 17.3 Å². The number of rotatable bonds is 5. The Morgan fingerprint density at radius 1 is 0.912 bits per heavy atom. The number of ether oxygens (including phenoxy) is 1. The summed E-state index contributed by atoms with van der Waals surface area (Å²) in [7, 11) is 1.66. The molecule has 0 unspecified atom stereocenters. The smallest absolute Gasteiger partial charge is 0.270 e. The third kappa shape index (κ3) is 4.36. The number of nitrogens with zero attached hydrogens (tertiary/aromatic N) is 3. The van der Waals surface area contributed by atoms with Crippen molar-refractivity contribution in [3.8, 4) is 5.75 Å². The second kappa shape index (κ2) is 9.59. The molecular formula is C28H28FN3O2. The normalized spacial score (nSPS) is 14.3. The van der Waals surface area contributed by atoms with Gasteiger partial charge in [-0.3, -0.25) is 4.79 Å². The lowest BCUT2D eigenvalue weighted by Gasteiger charge is -2.24. The van der Waals surface area contributed by atoms with Gasteiger partial charge in [0.05, 0.1) is 13.7 Å². The number of benzene rings is 3. The molecule has 4 aromatic rings. The van der Waals surface area contributed by atoms with Gasteiger partial charge >= 0.3 is 0 Å². The largest absolute Gasteiger partial charge is 0.497 e. The van der Waals surface area contributed by atoms with E-state index in [1.807, 2.05) is 58.0 Å². The third-order valence-corrected chi connectivity index (χ3v) is 6.54. The summed E-state index contributed by atoms with van der Waals surface area (Å²) in [6, 6.07) is 24.6. The van der Waals surface area contributed by atoms with Crippen molar-refractivity contribution < 1.29 is 13.9 Å². The van der Waals surface area contributed by atoms with E-state index in [9.17, 15) is 9.18 Å². The van der Waals surface area contributed by atoms with Crippen LogP contribution in [0.25, 0.3) is 10.9 Å². The van der Waals surface area contributed by atoms with Crippen LogP contribution in [-0.4, -0.2) is 48.7 Å². The first-order chi connectivity index (χ1) is 16.6. The second-order valence-corrected chi connectivity index (χ2v) is 8.60. The minimum Gasteiger partial charge on any atom is -0.497 e. The monoisotopic (exact) mass is 457 g/mol. The molecule has 3 aromatic carbocycles. The Bertz CT molecular complexity index is 1300. The fraction of sp³-hybridized carbons (Fsp3) is 0.250. The number of aromatic nitrogens is 1. The average Bonchev–Trinajstić information content (AvgIpc) is 3.05. The zero-order valence-corrected chi connectivity index (χ0v) is 19.3. The summed E-state index contributed by atoms with van der Waals surface area (Å²) in [5.41, 5.74) is 3.23. The van der Waals surface area contributed by atoms with Crippen LogP contribution in [0.15, 0.2) is 78.9 Å². The van der Waals surface area contributed by atoms with Crippen LogP contribution in [0, 0.1) is 5.82 Å². The molecule has 1 aliphatic heterocycles. The van der Waals surface area contributed by atoms with E-state index < -0.39 is 0 Å². The van der Waals surface area contributed by atoms with Crippen LogP contribution in [0.5, 0.6) is 5.75 Å². The standard InChI is InChI=1S/C28H28FN3O2/c1-34-24-13-11-23(12-14-24)30-15-6-16-31(18-17-30)28(33)27-19-21-7-3-5-10-26(21)32(27)20-22-8-2-4-9-25(22)29/h2-5,7-14,19H,6,15-18,20H2,1H3. The molecule has 0 aliphatic carbocycles. The minimum atomic E-state index is -0.261. The van der Waals surface area contributed by atoms with E-state index in [2.05, 4.69) is 17.0 Å². The maximum absolute atomic E-state index is 14.5. The number of amides is 1. The molecule has 1 aliphatic rings. The van der Waals surface area contributed by atoms with Crippen molar-refractivity contribution >= 4 is 22.5 Å². The molecular weight excluding hydrogens is 429 g/mol. The Morgan fingerprint density at radius 2 is 1.68 bits per heavy atom. The highest BCUT2D eigenvalue weighted by molar-refractivity contribution is 5.99. The van der Waals surface area contributed by atoms with Crippen molar-refractivity contribution in [3.63, 3.8) is 0 Å². The number of carbonyl (C=O) groups excluding carboxylic acids is 1. The van der Waals surface area contributed by atoms with Crippen molar-refractivity contribution in [1.29, 1.82) is 0 Å². The van der Waals surface area contributed by atoms with Crippen LogP contribution in [0.1, 0.15) is 22.5 Å². The molecule has 1 aromatic heterocycles. The lowest BCUT2D eigenvalue weighted by molar-refractivity contribution is 0.0757. The summed E-state index contributed by atoms with van der Waals surface area (Å²) < 4.78 is 21.7. The molecule has 0 spiro atoms. The zero-order valence-electron chi connectivity index (χ0n) is 19.3. The summed E-state index contributed by atoms with van der Waals surface area (Å²) in [5.74, 6) is 0.561. The fourth-order valence-electron chi connectivity index (χ4n) is 4.69. The van der Waals surface area contributed by atoms with Crippen LogP contribution >= 0.6 is 0 Å². The fourth-order valence-corrected chi connectivity index (χ4v) is 4.69. The molecule has 0 radical (unpaired) electrons. The van der Waals surface area contributed by atoms with Gasteiger partial charge in [0.2, 0.25) is 0 Å². The highest BCUT2D eigenvalue weighted by Crippen LogP contribution is 2.25. The van der Waals surface area contributed by atoms with Gasteiger partial charge in [-0.1, -0.05) is 36.4 Å². The number of para-hydroxylation sites is 1. The number of anilines is 1. The van der Waals surface area contributed by atoms with Crippen LogP contribution in [-0.2, 0) is 6.54 Å². The summed E-state index contributed by atoms with van der Waals surface area (Å²) in [6.45, 7) is 3.27. The van der Waals surface area contributed by atoms with Crippen LogP contribution in [0.3, 0.4) is 0 Å². The maximum atomic E-state index is 14.5. The molecule has 1 amide bonds. The maximum Gasteiger partial charge on any atom is 0.270 e. The number of fused-ring (bicyclic) bond motifs is 1. The Morgan fingerprint density at radius 3 is 2.47 bits per heavy atom. The van der Waals surface area contributed by atoms with E-state index in [-0.39, 0.29) is 11.7 Å². The van der Waals surface area contributed by atoms with E-state index in [0.29, 0.717) is 30.9 Å². The Balaban J connectivity index is 1.40. The number of methoxy groups -OCH3 is 1. The molecule has 1 fully saturated rings. The molecule has 174 valence electrons. The molecule has 1 saturated heterocycles. The first-order valence-electron chi connectivity index (χ1n) is 11.6. The first-order valence-corrected chi connectivity index (χ1v) is 11.6. The molecule has 5 rings (SSSR count). The Labute approximate surface area is 199 Å². The molecule has 0 N–H and O–H groups in total. The van der Waals surface area contributed by atoms with Gasteiger partial charge in [0, 0.05) is 48.3 Å². The molecule has 5 nitrogen and oxygen atoms in total. The quantitative estimate of drug-likeness (QED) is 0.414. The highest BCUT2D eigenvalue weighted by Gasteiger charge is 2.24. The van der Waals surface area contributed by atoms with Gasteiger partial charge in [-0.2, -0.15) is 0 Å². The SMILES string of the molecule is COc1ccc(N2CCCN(C(=O)c3cc4ccccc4n3Cc3ccccc3F)CC2)cc1. The van der Waals surface area contributed by atoms with Gasteiger partial charge in [-0.15, -0.1) is 0 Å². The zero-order chi connectivity index (χ0) is 23.5. The van der Waals surface area contributed by atoms with Crippen molar-refractivity contribution in [3.05, 3.63) is 95.9 Å². The summed E-state index contributed by atoms with van der Waals surface area (Å²) in [5, 5.41) is 0.983. The van der Waals surface area contributed by atoms with Gasteiger partial charge in [0.25, 0.3) is 5.91 Å². The number of carbonyl (C=O) groups is 1. The number of hydrogen-bond acceptors (Lipinski definition) is 3. The summed E-state index contributed by atoms with van der Waals surface area (Å²) in [6.07, 6.45) is 0.880. The van der Waals surface area contributed by atoms with Crippen LogP contribution in [0.4, 0.5) is 10.1 Å². The van der Waals surface area contributed by atoms with Crippen molar-refractivity contribution in [1.82, 2.24) is 9.47 Å². The average molecular weight is 458 g/mol. The molecule has 34 heavy (non-hydrogen) atoms. The molecule has 0 bridgehead atoms. The van der Waals surface area contributed by atoms with Gasteiger partial charge in [-0.25, -0.2) is 4.39 Å². The number of hydrogen-bond donors (Lipinski definition) is 0. The van der Waals surface area contributed by atoms with E-state index in [1.165, 1.54) is 6.07 Å². The highest BCUT2D eigenvalue weighted by atomic mass is 19.1. The topological polar surface area (TPSA) is 37.7 Å². The van der Waals surface area contributed by atoms with Gasteiger partial charge in [-0.05, 0) is 48.9 Å². The molecule has 2 heterocycles. The molecule has 0 atom stereocenters. The van der Waals surface area contributed by atoms with E-state index in [0.717, 1.165) is 41.9 Å².